The monoisotopic (exact) mass is 254 g/mol. The molecule has 0 aliphatic rings. The molecule has 0 unspecified atom stereocenters. The first-order valence-electron chi connectivity index (χ1n) is 3.39. The van der Waals surface area contributed by atoms with E-state index in [9.17, 15) is 13.2 Å². The Balaban J connectivity index is 3.25. The predicted molar refractivity (Wildman–Crippen MR) is 44.7 cm³/mol. The molecule has 13 heavy (non-hydrogen) atoms. The molecule has 6 heteroatoms. The summed E-state index contributed by atoms with van der Waals surface area (Å²) >= 11 is 2.77. The first kappa shape index (κ1) is 10.5. The van der Waals surface area contributed by atoms with Gasteiger partial charge < -0.3 is 5.73 Å². The van der Waals surface area contributed by atoms with E-state index in [4.69, 9.17) is 5.73 Å². The fraction of sp³-hybridized carbons (Fsp3) is 0.286. The number of aromatic nitrogens is 1. The lowest BCUT2D eigenvalue weighted by atomic mass is 10.2. The van der Waals surface area contributed by atoms with E-state index in [1.807, 2.05) is 0 Å². The SMILES string of the molecule is NCc1nc(F)c(Br)cc1C(F)F. The van der Waals surface area contributed by atoms with Gasteiger partial charge in [0.1, 0.15) is 0 Å². The van der Waals surface area contributed by atoms with Gasteiger partial charge in [0.25, 0.3) is 6.43 Å². The molecule has 0 fully saturated rings. The Morgan fingerprint density at radius 3 is 2.62 bits per heavy atom. The smallest absolute Gasteiger partial charge is 0.265 e. The maximum Gasteiger partial charge on any atom is 0.265 e. The molecule has 72 valence electrons. The Morgan fingerprint density at radius 2 is 2.15 bits per heavy atom. The van der Waals surface area contributed by atoms with Crippen molar-refractivity contribution < 1.29 is 13.2 Å². The third kappa shape index (κ3) is 2.19. The number of nitrogens with zero attached hydrogens (tertiary/aromatic N) is 1. The largest absolute Gasteiger partial charge is 0.325 e. The molecule has 0 amide bonds. The van der Waals surface area contributed by atoms with Gasteiger partial charge in [0.15, 0.2) is 0 Å². The zero-order chi connectivity index (χ0) is 10.0. The molecule has 0 aromatic carbocycles. The highest BCUT2D eigenvalue weighted by molar-refractivity contribution is 9.10. The van der Waals surface area contributed by atoms with E-state index in [1.54, 1.807) is 0 Å². The van der Waals surface area contributed by atoms with Gasteiger partial charge in [0.05, 0.1) is 10.2 Å². The van der Waals surface area contributed by atoms with E-state index in [2.05, 4.69) is 20.9 Å². The Kier molecular flexibility index (Phi) is 3.27. The van der Waals surface area contributed by atoms with E-state index in [1.165, 1.54) is 0 Å². The molecule has 0 aliphatic carbocycles. The van der Waals surface area contributed by atoms with Crippen LogP contribution in [0.5, 0.6) is 0 Å². The molecule has 0 radical (unpaired) electrons. The Morgan fingerprint density at radius 1 is 1.54 bits per heavy atom. The summed E-state index contributed by atoms with van der Waals surface area (Å²) in [5.41, 5.74) is 4.68. The minimum absolute atomic E-state index is 0.0833. The van der Waals surface area contributed by atoms with Crippen molar-refractivity contribution in [3.8, 4) is 0 Å². The fourth-order valence-electron chi connectivity index (χ4n) is 0.868. The van der Waals surface area contributed by atoms with Crippen LogP contribution in [-0.2, 0) is 6.54 Å². The molecular formula is C7H6BrF3N2. The molecule has 1 aromatic rings. The van der Waals surface area contributed by atoms with Crippen LogP contribution in [-0.4, -0.2) is 4.98 Å². The van der Waals surface area contributed by atoms with Crippen LogP contribution in [0, 0.1) is 5.95 Å². The summed E-state index contributed by atoms with van der Waals surface area (Å²) in [7, 11) is 0. The molecule has 2 nitrogen and oxygen atoms in total. The van der Waals surface area contributed by atoms with Gasteiger partial charge >= 0.3 is 0 Å². The number of hydrogen-bond donors (Lipinski definition) is 1. The first-order chi connectivity index (χ1) is 6.06. The zero-order valence-electron chi connectivity index (χ0n) is 6.40. The van der Waals surface area contributed by atoms with Crippen molar-refractivity contribution in [1.82, 2.24) is 4.98 Å². The zero-order valence-corrected chi connectivity index (χ0v) is 7.98. The maximum absolute atomic E-state index is 12.8. The molecule has 0 bridgehead atoms. The second kappa shape index (κ2) is 4.06. The van der Waals surface area contributed by atoms with Gasteiger partial charge in [-0.2, -0.15) is 4.39 Å². The van der Waals surface area contributed by atoms with E-state index in [0.29, 0.717) is 0 Å². The molecule has 0 aliphatic heterocycles. The number of nitrogens with two attached hydrogens (primary N) is 1. The summed E-state index contributed by atoms with van der Waals surface area (Å²) in [4.78, 5) is 3.29. The van der Waals surface area contributed by atoms with Crippen LogP contribution < -0.4 is 5.73 Å². The Hall–Kier alpha value is -0.620. The Bertz CT molecular complexity index is 317. The summed E-state index contributed by atoms with van der Waals surface area (Å²) in [5.74, 6) is -0.829. The molecule has 0 spiro atoms. The van der Waals surface area contributed by atoms with Crippen molar-refractivity contribution in [1.29, 1.82) is 0 Å². The third-order valence-electron chi connectivity index (χ3n) is 1.47. The van der Waals surface area contributed by atoms with Crippen LogP contribution in [0.3, 0.4) is 0 Å². The van der Waals surface area contributed by atoms with Crippen molar-refractivity contribution in [2.75, 3.05) is 0 Å². The van der Waals surface area contributed by atoms with Gasteiger partial charge in [-0.25, -0.2) is 13.8 Å². The van der Waals surface area contributed by atoms with Crippen LogP contribution >= 0.6 is 15.9 Å². The average Bonchev–Trinajstić information content (AvgIpc) is 2.08. The van der Waals surface area contributed by atoms with Crippen molar-refractivity contribution in [3.63, 3.8) is 0 Å². The molecule has 0 saturated heterocycles. The van der Waals surface area contributed by atoms with Gasteiger partial charge in [-0.1, -0.05) is 0 Å². The molecule has 1 rings (SSSR count). The third-order valence-corrected chi connectivity index (χ3v) is 2.03. The number of rotatable bonds is 2. The lowest BCUT2D eigenvalue weighted by molar-refractivity contribution is 0.149. The van der Waals surface area contributed by atoms with Crippen LogP contribution in [0.25, 0.3) is 0 Å². The van der Waals surface area contributed by atoms with Gasteiger partial charge in [-0.05, 0) is 22.0 Å². The first-order valence-corrected chi connectivity index (χ1v) is 4.18. The summed E-state index contributed by atoms with van der Waals surface area (Å²) in [6.45, 7) is -0.204. The van der Waals surface area contributed by atoms with Crippen LogP contribution in [0.2, 0.25) is 0 Å². The minimum Gasteiger partial charge on any atom is -0.325 e. The standard InChI is InChI=1S/C7H6BrF3N2/c8-4-1-3(6(9)10)5(2-12)13-7(4)11/h1,6H,2,12H2. The molecule has 0 saturated carbocycles. The predicted octanol–water partition coefficient (Wildman–Crippen LogP) is 2.38. The number of hydrogen-bond acceptors (Lipinski definition) is 2. The molecule has 1 aromatic heterocycles. The highest BCUT2D eigenvalue weighted by atomic mass is 79.9. The van der Waals surface area contributed by atoms with Crippen molar-refractivity contribution in [3.05, 3.63) is 27.7 Å². The summed E-state index contributed by atoms with van der Waals surface area (Å²) in [6, 6.07) is 0.995. The molecule has 1 heterocycles. The fourth-order valence-corrected chi connectivity index (χ4v) is 1.20. The number of pyridine rings is 1. The lowest BCUT2D eigenvalue weighted by Crippen LogP contribution is -2.07. The number of halogens is 4. The highest BCUT2D eigenvalue weighted by Gasteiger charge is 2.16. The Labute approximate surface area is 81.1 Å². The van der Waals surface area contributed by atoms with Crippen LogP contribution in [0.4, 0.5) is 13.2 Å². The topological polar surface area (TPSA) is 38.9 Å². The molecule has 0 atom stereocenters. The average molecular weight is 255 g/mol. The van der Waals surface area contributed by atoms with Gasteiger partial charge in [0.2, 0.25) is 5.95 Å². The lowest BCUT2D eigenvalue weighted by Gasteiger charge is -2.06. The summed E-state index contributed by atoms with van der Waals surface area (Å²) < 4.78 is 37.2. The highest BCUT2D eigenvalue weighted by Crippen LogP contribution is 2.26. The van der Waals surface area contributed by atoms with Crippen molar-refractivity contribution >= 4 is 15.9 Å². The second-order valence-corrected chi connectivity index (χ2v) is 3.16. The second-order valence-electron chi connectivity index (χ2n) is 2.30. The van der Waals surface area contributed by atoms with Gasteiger partial charge in [0, 0.05) is 12.1 Å². The summed E-state index contributed by atoms with van der Waals surface area (Å²) in [5, 5.41) is 0. The van der Waals surface area contributed by atoms with Crippen molar-refractivity contribution in [2.45, 2.75) is 13.0 Å². The molecule has 2 N–H and O–H groups in total. The van der Waals surface area contributed by atoms with Gasteiger partial charge in [-0.3, -0.25) is 0 Å². The van der Waals surface area contributed by atoms with Gasteiger partial charge in [-0.15, -0.1) is 0 Å². The quantitative estimate of drug-likeness (QED) is 0.824. The molecular weight excluding hydrogens is 249 g/mol. The van der Waals surface area contributed by atoms with Crippen molar-refractivity contribution in [2.24, 2.45) is 5.73 Å². The van der Waals surface area contributed by atoms with Crippen LogP contribution in [0.1, 0.15) is 17.7 Å². The number of alkyl halides is 2. The summed E-state index contributed by atoms with van der Waals surface area (Å²) in [6.07, 6.45) is -2.69. The minimum atomic E-state index is -2.69. The van der Waals surface area contributed by atoms with E-state index < -0.39 is 12.4 Å². The normalized spacial score (nSPS) is 10.9. The van der Waals surface area contributed by atoms with E-state index >= 15 is 0 Å². The maximum atomic E-state index is 12.8. The van der Waals surface area contributed by atoms with Crippen LogP contribution in [0.15, 0.2) is 10.5 Å². The van der Waals surface area contributed by atoms with E-state index in [0.717, 1.165) is 6.07 Å². The van der Waals surface area contributed by atoms with E-state index in [-0.39, 0.29) is 22.3 Å².